The number of para-hydroxylation sites is 2. The predicted octanol–water partition coefficient (Wildman–Crippen LogP) is 8.79. The lowest BCUT2D eigenvalue weighted by Gasteiger charge is -2.28. The number of aromatic hydroxyl groups is 2. The number of rotatable bonds is 12. The summed E-state index contributed by atoms with van der Waals surface area (Å²) in [6.45, 7) is 10.8. The fraction of sp³-hybridized carbons (Fsp3) is 0.316. The molecular formula is C38H42N2O5. The highest BCUT2D eigenvalue weighted by Gasteiger charge is 2.39. The highest BCUT2D eigenvalue weighted by atomic mass is 16.5. The van der Waals surface area contributed by atoms with Crippen molar-refractivity contribution in [2.24, 2.45) is 0 Å². The van der Waals surface area contributed by atoms with Crippen molar-refractivity contribution < 1.29 is 24.5 Å². The molecule has 0 amide bonds. The molecule has 0 radical (unpaired) electrons. The van der Waals surface area contributed by atoms with Crippen LogP contribution in [0.3, 0.4) is 0 Å². The van der Waals surface area contributed by atoms with Crippen molar-refractivity contribution >= 4 is 34.3 Å². The maximum atomic E-state index is 14.2. The van der Waals surface area contributed by atoms with Crippen molar-refractivity contribution in [1.82, 2.24) is 0 Å². The standard InChI is InChI=1S/C38H42N2O5/c1-6-11-20-45-38-30-26(36(43)31-28(41)18-19-29(42)32(31)37(30)44)21-27(39-33-22(7-2)14-12-15-23(33)8-3)35(38)40-34-24(9-4)16-13-17-25(34)10-5/h12-19,21,39-42H,6-11,20H2,1-5H3. The number of aryl methyl sites for hydroxylation is 4. The van der Waals surface area contributed by atoms with E-state index in [0.717, 1.165) is 72.2 Å². The van der Waals surface area contributed by atoms with Crippen LogP contribution in [-0.4, -0.2) is 28.4 Å². The highest BCUT2D eigenvalue weighted by Crippen LogP contribution is 2.48. The molecule has 7 heteroatoms. The van der Waals surface area contributed by atoms with Gasteiger partial charge in [-0.15, -0.1) is 0 Å². The zero-order valence-corrected chi connectivity index (χ0v) is 26.8. The van der Waals surface area contributed by atoms with Crippen molar-refractivity contribution in [3.63, 3.8) is 0 Å². The minimum absolute atomic E-state index is 0.0732. The third-order valence-electron chi connectivity index (χ3n) is 8.62. The second kappa shape index (κ2) is 13.5. The molecule has 45 heavy (non-hydrogen) atoms. The summed E-state index contributed by atoms with van der Waals surface area (Å²) >= 11 is 0. The third kappa shape index (κ3) is 5.75. The third-order valence-corrected chi connectivity index (χ3v) is 8.62. The van der Waals surface area contributed by atoms with Gasteiger partial charge in [0.2, 0.25) is 5.78 Å². The Bertz CT molecular complexity index is 1730. The van der Waals surface area contributed by atoms with Gasteiger partial charge in [-0.05, 0) is 72.6 Å². The number of hydrogen-bond acceptors (Lipinski definition) is 7. The fourth-order valence-corrected chi connectivity index (χ4v) is 6.11. The van der Waals surface area contributed by atoms with Crippen molar-refractivity contribution in [2.45, 2.75) is 73.1 Å². The summed E-state index contributed by atoms with van der Waals surface area (Å²) in [4.78, 5) is 28.4. The van der Waals surface area contributed by atoms with E-state index in [1.807, 2.05) is 12.1 Å². The molecule has 0 aromatic heterocycles. The van der Waals surface area contributed by atoms with Crippen molar-refractivity contribution in [3.05, 3.63) is 99.1 Å². The summed E-state index contributed by atoms with van der Waals surface area (Å²) in [6, 6.07) is 16.6. The van der Waals surface area contributed by atoms with Gasteiger partial charge in [-0.3, -0.25) is 9.59 Å². The van der Waals surface area contributed by atoms with E-state index >= 15 is 0 Å². The molecule has 7 nitrogen and oxygen atoms in total. The minimum atomic E-state index is -0.572. The first-order valence-corrected chi connectivity index (χ1v) is 16.0. The lowest BCUT2D eigenvalue weighted by molar-refractivity contribution is 0.0971. The van der Waals surface area contributed by atoms with Gasteiger partial charge in [-0.2, -0.15) is 0 Å². The summed E-state index contributed by atoms with van der Waals surface area (Å²) in [6.07, 6.45) is 4.76. The maximum absolute atomic E-state index is 14.2. The Kier molecular flexibility index (Phi) is 9.47. The molecule has 4 aromatic carbocycles. The molecule has 0 unspecified atom stereocenters. The van der Waals surface area contributed by atoms with E-state index in [0.29, 0.717) is 18.0 Å². The molecule has 0 saturated carbocycles. The number of nitrogens with one attached hydrogen (secondary N) is 2. The number of hydrogen-bond donors (Lipinski definition) is 4. The van der Waals surface area contributed by atoms with Crippen LogP contribution in [0.1, 0.15) is 102 Å². The average Bonchev–Trinajstić information content (AvgIpc) is 3.05. The lowest BCUT2D eigenvalue weighted by atomic mass is 9.81. The molecule has 0 aliphatic heterocycles. The number of fused-ring (bicyclic) bond motifs is 2. The van der Waals surface area contributed by atoms with Crippen LogP contribution in [0, 0.1) is 0 Å². The van der Waals surface area contributed by atoms with Crippen LogP contribution in [-0.2, 0) is 25.7 Å². The van der Waals surface area contributed by atoms with E-state index in [1.165, 1.54) is 12.1 Å². The molecule has 234 valence electrons. The van der Waals surface area contributed by atoms with Crippen LogP contribution in [0.15, 0.2) is 54.6 Å². The van der Waals surface area contributed by atoms with Crippen LogP contribution in [0.25, 0.3) is 0 Å². The van der Waals surface area contributed by atoms with E-state index in [9.17, 15) is 19.8 Å². The lowest BCUT2D eigenvalue weighted by Crippen LogP contribution is -2.24. The Balaban J connectivity index is 1.85. The molecule has 5 rings (SSSR count). The molecule has 0 fully saturated rings. The number of carbonyl (C=O) groups excluding carboxylic acids is 2. The molecule has 1 aliphatic rings. The number of ketones is 2. The normalized spacial score (nSPS) is 12.1. The Morgan fingerprint density at radius 1 is 0.622 bits per heavy atom. The summed E-state index contributed by atoms with van der Waals surface area (Å²) in [7, 11) is 0. The molecule has 0 bridgehead atoms. The first-order valence-electron chi connectivity index (χ1n) is 16.0. The molecular weight excluding hydrogens is 564 g/mol. The number of unbranched alkanes of at least 4 members (excludes halogenated alkanes) is 1. The number of ether oxygens (including phenoxy) is 1. The number of anilines is 4. The number of carbonyl (C=O) groups is 2. The summed E-state index contributed by atoms with van der Waals surface area (Å²) in [5, 5.41) is 28.8. The molecule has 4 aromatic rings. The first-order chi connectivity index (χ1) is 21.8. The second-order valence-corrected chi connectivity index (χ2v) is 11.3. The van der Waals surface area contributed by atoms with Crippen LogP contribution in [0.2, 0.25) is 0 Å². The highest BCUT2D eigenvalue weighted by molar-refractivity contribution is 6.32. The van der Waals surface area contributed by atoms with Gasteiger partial charge in [-0.1, -0.05) is 77.4 Å². The zero-order valence-electron chi connectivity index (χ0n) is 26.8. The van der Waals surface area contributed by atoms with Gasteiger partial charge in [0.15, 0.2) is 11.5 Å². The summed E-state index contributed by atoms with van der Waals surface area (Å²) in [5.74, 6) is -1.60. The van der Waals surface area contributed by atoms with E-state index in [4.69, 9.17) is 4.74 Å². The molecule has 0 heterocycles. The van der Waals surface area contributed by atoms with Gasteiger partial charge in [0.25, 0.3) is 0 Å². The fourth-order valence-electron chi connectivity index (χ4n) is 6.11. The molecule has 0 spiro atoms. The average molecular weight is 607 g/mol. The summed E-state index contributed by atoms with van der Waals surface area (Å²) in [5.41, 5.74) is 7.20. The SMILES string of the molecule is CCCCOc1c(Nc2c(CC)cccc2CC)c(Nc2c(CC)cccc2CC)cc2c1C(=O)c1c(O)ccc(O)c1C2=O. The van der Waals surface area contributed by atoms with Gasteiger partial charge in [0, 0.05) is 16.9 Å². The second-order valence-electron chi connectivity index (χ2n) is 11.3. The van der Waals surface area contributed by atoms with E-state index in [1.54, 1.807) is 6.07 Å². The Morgan fingerprint density at radius 3 is 1.60 bits per heavy atom. The van der Waals surface area contributed by atoms with Crippen LogP contribution in [0.4, 0.5) is 22.7 Å². The Labute approximate surface area is 265 Å². The van der Waals surface area contributed by atoms with Gasteiger partial charge >= 0.3 is 0 Å². The van der Waals surface area contributed by atoms with Crippen molar-refractivity contribution in [1.29, 1.82) is 0 Å². The molecule has 0 atom stereocenters. The predicted molar refractivity (Wildman–Crippen MR) is 180 cm³/mol. The number of benzene rings is 4. The molecule has 1 aliphatic carbocycles. The quantitative estimate of drug-likeness (QED) is 0.0830. The van der Waals surface area contributed by atoms with Crippen LogP contribution in [0.5, 0.6) is 17.2 Å². The van der Waals surface area contributed by atoms with E-state index in [-0.39, 0.29) is 39.5 Å². The van der Waals surface area contributed by atoms with Gasteiger partial charge in [-0.25, -0.2) is 0 Å². The summed E-state index contributed by atoms with van der Waals surface area (Å²) < 4.78 is 6.47. The topological polar surface area (TPSA) is 108 Å². The maximum Gasteiger partial charge on any atom is 0.202 e. The monoisotopic (exact) mass is 606 g/mol. The van der Waals surface area contributed by atoms with Gasteiger partial charge in [0.05, 0.1) is 29.0 Å². The van der Waals surface area contributed by atoms with Gasteiger partial charge < -0.3 is 25.6 Å². The van der Waals surface area contributed by atoms with Crippen LogP contribution >= 0.6 is 0 Å². The molecule has 4 N–H and O–H groups in total. The smallest absolute Gasteiger partial charge is 0.202 e. The minimum Gasteiger partial charge on any atom is -0.507 e. The van der Waals surface area contributed by atoms with Crippen LogP contribution < -0.4 is 15.4 Å². The molecule has 0 saturated heterocycles. The Hall–Kier alpha value is -4.78. The van der Waals surface area contributed by atoms with Crippen molar-refractivity contribution in [3.8, 4) is 17.2 Å². The largest absolute Gasteiger partial charge is 0.507 e. The Morgan fingerprint density at radius 2 is 1.11 bits per heavy atom. The first kappa shape index (κ1) is 31.6. The van der Waals surface area contributed by atoms with E-state index in [2.05, 4.69) is 69.5 Å². The van der Waals surface area contributed by atoms with Gasteiger partial charge in [0.1, 0.15) is 17.2 Å². The zero-order chi connectivity index (χ0) is 32.2. The number of phenols is 2. The number of phenolic OH excluding ortho intramolecular Hbond substituents is 2. The van der Waals surface area contributed by atoms with Crippen molar-refractivity contribution in [2.75, 3.05) is 17.2 Å². The van der Waals surface area contributed by atoms with E-state index < -0.39 is 11.6 Å².